The van der Waals surface area contributed by atoms with Crippen molar-refractivity contribution in [2.24, 2.45) is 0 Å². The number of aromatic amines is 1. The Kier molecular flexibility index (Phi) is 3.42. The van der Waals surface area contributed by atoms with Crippen LogP contribution in [0.3, 0.4) is 0 Å². The normalized spacial score (nSPS) is 10.6. The number of amides is 1. The zero-order valence-corrected chi connectivity index (χ0v) is 12.2. The largest absolute Gasteiger partial charge is 0.417 e. The highest BCUT2D eigenvalue weighted by atomic mass is 16.4. The number of carbonyl (C=O) groups is 1. The molecule has 1 amide bonds. The molecule has 2 aromatic carbocycles. The summed E-state index contributed by atoms with van der Waals surface area (Å²) in [7, 11) is 3.88. The van der Waals surface area contributed by atoms with Crippen LogP contribution in [0.25, 0.3) is 11.1 Å². The Morgan fingerprint density at radius 2 is 1.86 bits per heavy atom. The van der Waals surface area contributed by atoms with Crippen molar-refractivity contribution in [3.8, 4) is 0 Å². The number of fused-ring (bicyclic) bond motifs is 1. The Morgan fingerprint density at radius 3 is 2.55 bits per heavy atom. The first-order valence-electron chi connectivity index (χ1n) is 6.74. The van der Waals surface area contributed by atoms with E-state index < -0.39 is 5.76 Å². The van der Waals surface area contributed by atoms with Crippen molar-refractivity contribution in [3.05, 3.63) is 58.6 Å². The average molecular weight is 297 g/mol. The van der Waals surface area contributed by atoms with Crippen LogP contribution in [-0.4, -0.2) is 25.0 Å². The van der Waals surface area contributed by atoms with Crippen LogP contribution in [0.2, 0.25) is 0 Å². The molecule has 112 valence electrons. The van der Waals surface area contributed by atoms with Gasteiger partial charge in [-0.3, -0.25) is 9.78 Å². The van der Waals surface area contributed by atoms with Crippen LogP contribution < -0.4 is 16.0 Å². The van der Waals surface area contributed by atoms with Gasteiger partial charge in [0.25, 0.3) is 5.91 Å². The van der Waals surface area contributed by atoms with E-state index in [4.69, 9.17) is 4.42 Å². The van der Waals surface area contributed by atoms with Crippen LogP contribution in [0.1, 0.15) is 10.4 Å². The van der Waals surface area contributed by atoms with E-state index in [0.717, 1.165) is 5.69 Å². The quantitative estimate of drug-likeness (QED) is 0.778. The third-order valence-electron chi connectivity index (χ3n) is 3.32. The number of nitrogens with one attached hydrogen (secondary N) is 2. The maximum atomic E-state index is 12.2. The van der Waals surface area contributed by atoms with Crippen molar-refractivity contribution in [3.63, 3.8) is 0 Å². The van der Waals surface area contributed by atoms with Crippen molar-refractivity contribution in [1.82, 2.24) is 4.98 Å². The number of oxazole rings is 1. The number of benzene rings is 2. The number of hydrogen-bond donors (Lipinski definition) is 2. The summed E-state index contributed by atoms with van der Waals surface area (Å²) in [4.78, 5) is 27.8. The summed E-state index contributed by atoms with van der Waals surface area (Å²) in [5, 5.41) is 2.78. The molecule has 0 aliphatic carbocycles. The molecule has 0 spiro atoms. The lowest BCUT2D eigenvalue weighted by Crippen LogP contribution is -2.13. The van der Waals surface area contributed by atoms with Crippen molar-refractivity contribution in [1.29, 1.82) is 0 Å². The maximum absolute atomic E-state index is 12.2. The molecule has 22 heavy (non-hydrogen) atoms. The molecule has 0 bridgehead atoms. The van der Waals surface area contributed by atoms with Gasteiger partial charge in [-0.15, -0.1) is 0 Å². The Balaban J connectivity index is 1.81. The topological polar surface area (TPSA) is 78.3 Å². The molecule has 2 N–H and O–H groups in total. The van der Waals surface area contributed by atoms with Gasteiger partial charge in [0, 0.05) is 37.1 Å². The monoisotopic (exact) mass is 297 g/mol. The molecule has 3 aromatic rings. The summed E-state index contributed by atoms with van der Waals surface area (Å²) in [6.07, 6.45) is 0. The summed E-state index contributed by atoms with van der Waals surface area (Å²) in [5.74, 6) is -0.736. The van der Waals surface area contributed by atoms with Crippen LogP contribution in [0.4, 0.5) is 11.4 Å². The maximum Gasteiger partial charge on any atom is 0.417 e. The number of aromatic nitrogens is 1. The van der Waals surface area contributed by atoms with Gasteiger partial charge >= 0.3 is 5.76 Å². The Labute approximate surface area is 126 Å². The predicted molar refractivity (Wildman–Crippen MR) is 85.6 cm³/mol. The highest BCUT2D eigenvalue weighted by Gasteiger charge is 2.08. The number of hydrogen-bond acceptors (Lipinski definition) is 4. The van der Waals surface area contributed by atoms with E-state index >= 15 is 0 Å². The minimum atomic E-state index is -0.516. The van der Waals surface area contributed by atoms with Crippen molar-refractivity contribution in [2.45, 2.75) is 0 Å². The SMILES string of the molecule is CN(C)c1ccc(C(=O)Nc2ccc3[nH]c(=O)oc3c2)cc1. The second-order valence-corrected chi connectivity index (χ2v) is 5.12. The third kappa shape index (κ3) is 2.71. The molecular weight excluding hydrogens is 282 g/mol. The van der Waals surface area contributed by atoms with E-state index in [1.165, 1.54) is 0 Å². The Hall–Kier alpha value is -3.02. The lowest BCUT2D eigenvalue weighted by atomic mass is 10.2. The molecule has 1 heterocycles. The summed E-state index contributed by atoms with van der Waals surface area (Å²) in [5.41, 5.74) is 3.15. The molecule has 6 heteroatoms. The van der Waals surface area contributed by atoms with E-state index in [1.54, 1.807) is 30.3 Å². The molecular formula is C16H15N3O3. The molecule has 3 rings (SSSR count). The summed E-state index contributed by atoms with van der Waals surface area (Å²) < 4.78 is 4.97. The fourth-order valence-corrected chi connectivity index (χ4v) is 2.14. The molecule has 6 nitrogen and oxygen atoms in total. The van der Waals surface area contributed by atoms with Gasteiger partial charge in [-0.05, 0) is 36.4 Å². The van der Waals surface area contributed by atoms with E-state index in [2.05, 4.69) is 10.3 Å². The molecule has 0 saturated heterocycles. The van der Waals surface area contributed by atoms with Gasteiger partial charge in [-0.1, -0.05) is 0 Å². The highest BCUT2D eigenvalue weighted by Crippen LogP contribution is 2.18. The van der Waals surface area contributed by atoms with Crippen molar-refractivity contribution in [2.75, 3.05) is 24.3 Å². The van der Waals surface area contributed by atoms with E-state index in [9.17, 15) is 9.59 Å². The van der Waals surface area contributed by atoms with Gasteiger partial charge in [0.05, 0.1) is 5.52 Å². The minimum Gasteiger partial charge on any atom is -0.408 e. The molecule has 0 radical (unpaired) electrons. The van der Waals surface area contributed by atoms with Gasteiger partial charge in [0.15, 0.2) is 5.58 Å². The first-order valence-corrected chi connectivity index (χ1v) is 6.74. The first kappa shape index (κ1) is 13.9. The summed E-state index contributed by atoms with van der Waals surface area (Å²) in [6.45, 7) is 0. The predicted octanol–water partition coefficient (Wildman–Crippen LogP) is 2.44. The standard InChI is InChI=1S/C16H15N3O3/c1-19(2)12-6-3-10(4-7-12)15(20)17-11-5-8-13-14(9-11)22-16(21)18-13/h3-9H,1-2H3,(H,17,20)(H,18,21). The van der Waals surface area contributed by atoms with Crippen LogP contribution in [0.15, 0.2) is 51.7 Å². The number of carbonyl (C=O) groups excluding carboxylic acids is 1. The van der Waals surface area contributed by atoms with Gasteiger partial charge in [-0.25, -0.2) is 4.79 Å². The van der Waals surface area contributed by atoms with Crippen LogP contribution >= 0.6 is 0 Å². The lowest BCUT2D eigenvalue weighted by Gasteiger charge is -2.12. The van der Waals surface area contributed by atoms with Crippen molar-refractivity contribution < 1.29 is 9.21 Å². The summed E-state index contributed by atoms with van der Waals surface area (Å²) in [6, 6.07) is 12.3. The highest BCUT2D eigenvalue weighted by molar-refractivity contribution is 6.05. The van der Waals surface area contributed by atoms with E-state index in [0.29, 0.717) is 22.4 Å². The Bertz CT molecular complexity index is 876. The zero-order chi connectivity index (χ0) is 15.7. The fourth-order valence-electron chi connectivity index (χ4n) is 2.14. The molecule has 0 aliphatic rings. The molecule has 0 fully saturated rings. The smallest absolute Gasteiger partial charge is 0.408 e. The van der Waals surface area contributed by atoms with Crippen LogP contribution in [0.5, 0.6) is 0 Å². The number of rotatable bonds is 3. The van der Waals surface area contributed by atoms with Gasteiger partial charge in [0.2, 0.25) is 0 Å². The number of anilines is 2. The molecule has 0 atom stereocenters. The fraction of sp³-hybridized carbons (Fsp3) is 0.125. The first-order chi connectivity index (χ1) is 10.5. The van der Waals surface area contributed by atoms with Gasteiger partial charge < -0.3 is 14.6 Å². The van der Waals surface area contributed by atoms with Crippen LogP contribution in [-0.2, 0) is 0 Å². The molecule has 1 aromatic heterocycles. The average Bonchev–Trinajstić information content (AvgIpc) is 2.86. The second-order valence-electron chi connectivity index (χ2n) is 5.12. The molecule has 0 saturated carbocycles. The van der Waals surface area contributed by atoms with Gasteiger partial charge in [0.1, 0.15) is 0 Å². The second kappa shape index (κ2) is 5.40. The van der Waals surface area contributed by atoms with Crippen LogP contribution in [0, 0.1) is 0 Å². The van der Waals surface area contributed by atoms with Crippen molar-refractivity contribution >= 4 is 28.4 Å². The minimum absolute atomic E-state index is 0.220. The summed E-state index contributed by atoms with van der Waals surface area (Å²) >= 11 is 0. The van der Waals surface area contributed by atoms with E-state index in [1.807, 2.05) is 31.1 Å². The van der Waals surface area contributed by atoms with Gasteiger partial charge in [-0.2, -0.15) is 0 Å². The lowest BCUT2D eigenvalue weighted by molar-refractivity contribution is 0.102. The molecule has 0 unspecified atom stereocenters. The zero-order valence-electron chi connectivity index (χ0n) is 12.2. The number of H-pyrrole nitrogens is 1. The molecule has 0 aliphatic heterocycles. The third-order valence-corrected chi connectivity index (χ3v) is 3.32. The number of nitrogens with zero attached hydrogens (tertiary/aromatic N) is 1. The van der Waals surface area contributed by atoms with E-state index in [-0.39, 0.29) is 5.91 Å². The Morgan fingerprint density at radius 1 is 1.14 bits per heavy atom.